The molecule has 3 heteroatoms. The number of aryl methyl sites for hydroxylation is 2. The molecule has 94 valence electrons. The van der Waals surface area contributed by atoms with Crippen molar-refractivity contribution in [3.8, 4) is 11.3 Å². The topological polar surface area (TPSA) is 37.8 Å². The standard InChI is InChI=1S/C15H19N3/c1-4-7-16-15-9-14(17-10-18-15)13-6-5-11(2)12(3)8-13/h5-6,8-10H,4,7H2,1-3H3,(H,16,17,18). The van der Waals surface area contributed by atoms with E-state index >= 15 is 0 Å². The van der Waals surface area contributed by atoms with Gasteiger partial charge in [0.05, 0.1) is 5.69 Å². The maximum Gasteiger partial charge on any atom is 0.129 e. The normalized spacial score (nSPS) is 10.4. The molecule has 0 saturated heterocycles. The van der Waals surface area contributed by atoms with Crippen molar-refractivity contribution in [2.75, 3.05) is 11.9 Å². The van der Waals surface area contributed by atoms with Crippen LogP contribution in [0.3, 0.4) is 0 Å². The van der Waals surface area contributed by atoms with Crippen molar-refractivity contribution in [1.82, 2.24) is 9.97 Å². The van der Waals surface area contributed by atoms with Gasteiger partial charge in [-0.1, -0.05) is 19.1 Å². The first-order chi connectivity index (χ1) is 8.70. The van der Waals surface area contributed by atoms with Crippen LogP contribution in [0.4, 0.5) is 5.82 Å². The van der Waals surface area contributed by atoms with Crippen LogP contribution >= 0.6 is 0 Å². The number of benzene rings is 1. The smallest absolute Gasteiger partial charge is 0.129 e. The van der Waals surface area contributed by atoms with Gasteiger partial charge in [-0.3, -0.25) is 0 Å². The Bertz CT molecular complexity index is 535. The summed E-state index contributed by atoms with van der Waals surface area (Å²) in [6.07, 6.45) is 2.70. The van der Waals surface area contributed by atoms with Crippen molar-refractivity contribution >= 4 is 5.82 Å². The van der Waals surface area contributed by atoms with Crippen LogP contribution in [0.25, 0.3) is 11.3 Å². The largest absolute Gasteiger partial charge is 0.370 e. The molecule has 18 heavy (non-hydrogen) atoms. The lowest BCUT2D eigenvalue weighted by Gasteiger charge is -2.07. The van der Waals surface area contributed by atoms with E-state index < -0.39 is 0 Å². The van der Waals surface area contributed by atoms with Crippen molar-refractivity contribution in [3.05, 3.63) is 41.7 Å². The molecular weight excluding hydrogens is 222 g/mol. The molecule has 1 N–H and O–H groups in total. The average molecular weight is 241 g/mol. The highest BCUT2D eigenvalue weighted by Gasteiger charge is 2.03. The molecule has 0 fully saturated rings. The average Bonchev–Trinajstić information content (AvgIpc) is 2.40. The van der Waals surface area contributed by atoms with E-state index in [1.807, 2.05) is 6.07 Å². The number of hydrogen-bond acceptors (Lipinski definition) is 3. The van der Waals surface area contributed by atoms with Crippen molar-refractivity contribution in [2.24, 2.45) is 0 Å². The zero-order valence-corrected chi connectivity index (χ0v) is 11.2. The van der Waals surface area contributed by atoms with E-state index in [0.29, 0.717) is 0 Å². The quantitative estimate of drug-likeness (QED) is 0.889. The highest BCUT2D eigenvalue weighted by molar-refractivity contribution is 5.63. The number of anilines is 1. The van der Waals surface area contributed by atoms with Gasteiger partial charge >= 0.3 is 0 Å². The lowest BCUT2D eigenvalue weighted by Crippen LogP contribution is -2.02. The lowest BCUT2D eigenvalue weighted by molar-refractivity contribution is 0.965. The molecule has 0 aliphatic heterocycles. The third kappa shape index (κ3) is 2.86. The van der Waals surface area contributed by atoms with Gasteiger partial charge < -0.3 is 5.32 Å². The first kappa shape index (κ1) is 12.6. The van der Waals surface area contributed by atoms with E-state index in [0.717, 1.165) is 30.0 Å². The fourth-order valence-corrected chi connectivity index (χ4v) is 1.77. The molecule has 1 aromatic heterocycles. The lowest BCUT2D eigenvalue weighted by atomic mass is 10.0. The number of hydrogen-bond donors (Lipinski definition) is 1. The molecule has 0 saturated carbocycles. The van der Waals surface area contributed by atoms with Crippen molar-refractivity contribution < 1.29 is 0 Å². The Kier molecular flexibility index (Phi) is 3.92. The molecule has 2 aromatic rings. The van der Waals surface area contributed by atoms with Gasteiger partial charge in [-0.05, 0) is 37.5 Å². The number of nitrogens with one attached hydrogen (secondary N) is 1. The Morgan fingerprint density at radius 2 is 1.89 bits per heavy atom. The SMILES string of the molecule is CCCNc1cc(-c2ccc(C)c(C)c2)ncn1. The second-order valence-corrected chi connectivity index (χ2v) is 4.51. The van der Waals surface area contributed by atoms with Gasteiger partial charge in [0, 0.05) is 18.2 Å². The molecule has 0 atom stereocenters. The Hall–Kier alpha value is -1.90. The number of nitrogens with zero attached hydrogens (tertiary/aromatic N) is 2. The second-order valence-electron chi connectivity index (χ2n) is 4.51. The van der Waals surface area contributed by atoms with E-state index in [9.17, 15) is 0 Å². The van der Waals surface area contributed by atoms with Crippen LogP contribution in [0, 0.1) is 13.8 Å². The fraction of sp³-hybridized carbons (Fsp3) is 0.333. The van der Waals surface area contributed by atoms with Crippen LogP contribution in [-0.2, 0) is 0 Å². The van der Waals surface area contributed by atoms with Gasteiger partial charge in [-0.25, -0.2) is 9.97 Å². The van der Waals surface area contributed by atoms with Crippen LogP contribution in [0.5, 0.6) is 0 Å². The minimum Gasteiger partial charge on any atom is -0.370 e. The molecule has 1 aromatic carbocycles. The van der Waals surface area contributed by atoms with Gasteiger partial charge in [0.1, 0.15) is 12.1 Å². The predicted octanol–water partition coefficient (Wildman–Crippen LogP) is 3.58. The van der Waals surface area contributed by atoms with Gasteiger partial charge in [-0.2, -0.15) is 0 Å². The van der Waals surface area contributed by atoms with E-state index in [2.05, 4.69) is 54.3 Å². The zero-order chi connectivity index (χ0) is 13.0. The Morgan fingerprint density at radius 3 is 2.61 bits per heavy atom. The highest BCUT2D eigenvalue weighted by Crippen LogP contribution is 2.21. The second kappa shape index (κ2) is 5.63. The Balaban J connectivity index is 2.29. The third-order valence-electron chi connectivity index (χ3n) is 3.03. The first-order valence-corrected chi connectivity index (χ1v) is 6.34. The Morgan fingerprint density at radius 1 is 1.06 bits per heavy atom. The number of aromatic nitrogens is 2. The predicted molar refractivity (Wildman–Crippen MR) is 75.7 cm³/mol. The summed E-state index contributed by atoms with van der Waals surface area (Å²) in [6, 6.07) is 8.40. The molecule has 3 nitrogen and oxygen atoms in total. The van der Waals surface area contributed by atoms with Crippen LogP contribution in [-0.4, -0.2) is 16.5 Å². The van der Waals surface area contributed by atoms with Crippen molar-refractivity contribution in [1.29, 1.82) is 0 Å². The molecule has 0 aliphatic carbocycles. The van der Waals surface area contributed by atoms with Crippen molar-refractivity contribution in [2.45, 2.75) is 27.2 Å². The molecule has 0 spiro atoms. The van der Waals surface area contributed by atoms with E-state index in [4.69, 9.17) is 0 Å². The van der Waals surface area contributed by atoms with E-state index in [1.165, 1.54) is 11.1 Å². The van der Waals surface area contributed by atoms with Crippen LogP contribution in [0.15, 0.2) is 30.6 Å². The van der Waals surface area contributed by atoms with Gasteiger partial charge in [0.2, 0.25) is 0 Å². The molecule has 0 unspecified atom stereocenters. The Labute approximate surface area is 108 Å². The van der Waals surface area contributed by atoms with Crippen molar-refractivity contribution in [3.63, 3.8) is 0 Å². The molecule has 1 heterocycles. The van der Waals surface area contributed by atoms with Crippen LogP contribution in [0.1, 0.15) is 24.5 Å². The molecule has 0 aliphatic rings. The summed E-state index contributed by atoms with van der Waals surface area (Å²) >= 11 is 0. The molecule has 2 rings (SSSR count). The minimum absolute atomic E-state index is 0.889. The summed E-state index contributed by atoms with van der Waals surface area (Å²) in [5.74, 6) is 0.889. The highest BCUT2D eigenvalue weighted by atomic mass is 15.0. The van der Waals surface area contributed by atoms with Crippen LogP contribution in [0.2, 0.25) is 0 Å². The van der Waals surface area contributed by atoms with E-state index in [1.54, 1.807) is 6.33 Å². The molecule has 0 amide bonds. The molecular formula is C15H19N3. The summed E-state index contributed by atoms with van der Waals surface area (Å²) in [5.41, 5.74) is 4.69. The summed E-state index contributed by atoms with van der Waals surface area (Å²) in [6.45, 7) is 7.31. The maximum atomic E-state index is 4.34. The summed E-state index contributed by atoms with van der Waals surface area (Å²) in [7, 11) is 0. The monoisotopic (exact) mass is 241 g/mol. The summed E-state index contributed by atoms with van der Waals surface area (Å²) < 4.78 is 0. The first-order valence-electron chi connectivity index (χ1n) is 6.34. The maximum absolute atomic E-state index is 4.34. The fourth-order valence-electron chi connectivity index (χ4n) is 1.77. The van der Waals surface area contributed by atoms with Crippen LogP contribution < -0.4 is 5.32 Å². The van der Waals surface area contributed by atoms with E-state index in [-0.39, 0.29) is 0 Å². The van der Waals surface area contributed by atoms with Gasteiger partial charge in [0.25, 0.3) is 0 Å². The minimum atomic E-state index is 0.889. The molecule has 0 radical (unpaired) electrons. The zero-order valence-electron chi connectivity index (χ0n) is 11.2. The third-order valence-corrected chi connectivity index (χ3v) is 3.03. The number of rotatable bonds is 4. The van der Waals surface area contributed by atoms with Gasteiger partial charge in [-0.15, -0.1) is 0 Å². The summed E-state index contributed by atoms with van der Waals surface area (Å²) in [5, 5.41) is 3.28. The van der Waals surface area contributed by atoms with Gasteiger partial charge in [0.15, 0.2) is 0 Å². The summed E-state index contributed by atoms with van der Waals surface area (Å²) in [4.78, 5) is 8.56. The molecule has 0 bridgehead atoms.